The molecule has 3 nitrogen and oxygen atoms in total. The monoisotopic (exact) mass is 178 g/mol. The number of pyridine rings is 1. The highest BCUT2D eigenvalue weighted by molar-refractivity contribution is 5.44. The lowest BCUT2D eigenvalue weighted by atomic mass is 9.89. The Morgan fingerprint density at radius 3 is 2.92 bits per heavy atom. The highest BCUT2D eigenvalue weighted by Crippen LogP contribution is 2.23. The summed E-state index contributed by atoms with van der Waals surface area (Å²) in [6.45, 7) is 1.96. The molecule has 1 aromatic heterocycles. The summed E-state index contributed by atoms with van der Waals surface area (Å²) in [5, 5.41) is 12.6. The van der Waals surface area contributed by atoms with E-state index in [1.54, 1.807) is 6.20 Å². The van der Waals surface area contributed by atoms with E-state index in [-0.39, 0.29) is 12.1 Å². The number of aliphatic hydroxyl groups is 1. The van der Waals surface area contributed by atoms with E-state index >= 15 is 0 Å². The summed E-state index contributed by atoms with van der Waals surface area (Å²) >= 11 is 0. The van der Waals surface area contributed by atoms with Crippen molar-refractivity contribution >= 4 is 5.69 Å². The molecular formula is C10H14N2O. The molecule has 2 N–H and O–H groups in total. The van der Waals surface area contributed by atoms with Gasteiger partial charge in [-0.25, -0.2) is 0 Å². The van der Waals surface area contributed by atoms with Gasteiger partial charge in [0.2, 0.25) is 0 Å². The van der Waals surface area contributed by atoms with Gasteiger partial charge in [0.15, 0.2) is 0 Å². The average Bonchev–Trinajstić information content (AvgIpc) is 2.12. The van der Waals surface area contributed by atoms with Gasteiger partial charge >= 0.3 is 0 Å². The fraction of sp³-hybridized carbons (Fsp3) is 0.500. The van der Waals surface area contributed by atoms with Crippen LogP contribution in [0.15, 0.2) is 18.3 Å². The van der Waals surface area contributed by atoms with Crippen molar-refractivity contribution in [1.29, 1.82) is 0 Å². The van der Waals surface area contributed by atoms with Crippen LogP contribution in [0, 0.1) is 6.92 Å². The fourth-order valence-corrected chi connectivity index (χ4v) is 1.50. The summed E-state index contributed by atoms with van der Waals surface area (Å²) in [6, 6.07) is 4.16. The second-order valence-corrected chi connectivity index (χ2v) is 3.58. The normalized spacial score (nSPS) is 26.6. The Morgan fingerprint density at radius 2 is 2.38 bits per heavy atom. The number of aryl methyl sites for hydroxylation is 1. The van der Waals surface area contributed by atoms with Crippen molar-refractivity contribution < 1.29 is 5.11 Å². The third kappa shape index (κ3) is 1.80. The summed E-state index contributed by atoms with van der Waals surface area (Å²) in [7, 11) is 0. The van der Waals surface area contributed by atoms with E-state index < -0.39 is 0 Å². The maximum atomic E-state index is 9.36. The van der Waals surface area contributed by atoms with Crippen LogP contribution in [0.1, 0.15) is 18.5 Å². The lowest BCUT2D eigenvalue weighted by Crippen LogP contribution is -2.42. The quantitative estimate of drug-likeness (QED) is 0.718. The Balaban J connectivity index is 2.01. The molecule has 1 aromatic rings. The molecule has 0 bridgehead atoms. The van der Waals surface area contributed by atoms with E-state index in [9.17, 15) is 5.11 Å². The van der Waals surface area contributed by atoms with E-state index in [1.807, 2.05) is 19.1 Å². The summed E-state index contributed by atoms with van der Waals surface area (Å²) in [4.78, 5) is 4.11. The first kappa shape index (κ1) is 8.51. The zero-order chi connectivity index (χ0) is 9.26. The summed E-state index contributed by atoms with van der Waals surface area (Å²) in [6.07, 6.45) is 3.58. The molecule has 0 unspecified atom stereocenters. The first-order chi connectivity index (χ1) is 6.25. The Bertz CT molecular complexity index is 301. The second-order valence-electron chi connectivity index (χ2n) is 3.58. The molecule has 1 fully saturated rings. The Morgan fingerprint density at radius 1 is 1.54 bits per heavy atom. The maximum absolute atomic E-state index is 9.36. The van der Waals surface area contributed by atoms with Gasteiger partial charge in [0.1, 0.15) is 0 Å². The standard InChI is InChI=1S/C10H14N2O/c1-7-6-8(4-5-11-7)12-9-2-3-10(9)13/h4-6,9-10,13H,2-3H2,1H3,(H,11,12)/t9-,10-/m1/s1. The van der Waals surface area contributed by atoms with Crippen LogP contribution in [0.4, 0.5) is 5.69 Å². The minimum atomic E-state index is -0.173. The topological polar surface area (TPSA) is 45.1 Å². The van der Waals surface area contributed by atoms with Gasteiger partial charge in [0.25, 0.3) is 0 Å². The molecule has 0 aromatic carbocycles. The van der Waals surface area contributed by atoms with Gasteiger partial charge in [0, 0.05) is 17.6 Å². The van der Waals surface area contributed by atoms with Crippen LogP contribution in [-0.4, -0.2) is 22.2 Å². The largest absolute Gasteiger partial charge is 0.391 e. The zero-order valence-corrected chi connectivity index (χ0v) is 7.70. The predicted molar refractivity (Wildman–Crippen MR) is 51.6 cm³/mol. The molecule has 13 heavy (non-hydrogen) atoms. The van der Waals surface area contributed by atoms with Crippen molar-refractivity contribution in [3.05, 3.63) is 24.0 Å². The maximum Gasteiger partial charge on any atom is 0.0741 e. The van der Waals surface area contributed by atoms with Gasteiger partial charge < -0.3 is 10.4 Å². The molecule has 0 spiro atoms. The van der Waals surface area contributed by atoms with E-state index in [0.717, 1.165) is 24.2 Å². The first-order valence-electron chi connectivity index (χ1n) is 4.63. The summed E-state index contributed by atoms with van der Waals surface area (Å²) in [5.74, 6) is 0. The average molecular weight is 178 g/mol. The van der Waals surface area contributed by atoms with Gasteiger partial charge in [0.05, 0.1) is 12.1 Å². The van der Waals surface area contributed by atoms with Crippen LogP contribution in [0.2, 0.25) is 0 Å². The fourth-order valence-electron chi connectivity index (χ4n) is 1.50. The predicted octanol–water partition coefficient (Wildman–Crippen LogP) is 1.33. The third-order valence-corrected chi connectivity index (χ3v) is 2.49. The molecule has 1 aliphatic carbocycles. The van der Waals surface area contributed by atoms with E-state index in [1.165, 1.54) is 0 Å². The molecule has 0 amide bonds. The third-order valence-electron chi connectivity index (χ3n) is 2.49. The SMILES string of the molecule is Cc1cc(N[C@@H]2CC[C@H]2O)ccn1. The number of rotatable bonds is 2. The van der Waals surface area contributed by atoms with Crippen molar-refractivity contribution in [3.63, 3.8) is 0 Å². The van der Waals surface area contributed by atoms with Crippen LogP contribution >= 0.6 is 0 Å². The van der Waals surface area contributed by atoms with Crippen molar-refractivity contribution in [3.8, 4) is 0 Å². The molecule has 0 saturated heterocycles. The smallest absolute Gasteiger partial charge is 0.0741 e. The lowest BCUT2D eigenvalue weighted by molar-refractivity contribution is 0.0786. The highest BCUT2D eigenvalue weighted by atomic mass is 16.3. The highest BCUT2D eigenvalue weighted by Gasteiger charge is 2.28. The first-order valence-corrected chi connectivity index (χ1v) is 4.63. The van der Waals surface area contributed by atoms with Gasteiger partial charge in [-0.2, -0.15) is 0 Å². The second kappa shape index (κ2) is 3.34. The number of nitrogens with zero attached hydrogens (tertiary/aromatic N) is 1. The van der Waals surface area contributed by atoms with E-state index in [4.69, 9.17) is 0 Å². The molecular weight excluding hydrogens is 164 g/mol. The van der Waals surface area contributed by atoms with Gasteiger partial charge in [-0.3, -0.25) is 4.98 Å². The molecule has 1 heterocycles. The zero-order valence-electron chi connectivity index (χ0n) is 7.70. The Kier molecular flexibility index (Phi) is 2.19. The minimum Gasteiger partial charge on any atom is -0.391 e. The molecule has 1 aliphatic rings. The van der Waals surface area contributed by atoms with Gasteiger partial charge in [-0.1, -0.05) is 0 Å². The molecule has 1 saturated carbocycles. The number of hydrogen-bond donors (Lipinski definition) is 2. The van der Waals surface area contributed by atoms with E-state index in [0.29, 0.717) is 0 Å². The van der Waals surface area contributed by atoms with Crippen LogP contribution in [0.3, 0.4) is 0 Å². The van der Waals surface area contributed by atoms with Crippen LogP contribution < -0.4 is 5.32 Å². The summed E-state index contributed by atoms with van der Waals surface area (Å²) in [5.41, 5.74) is 2.05. The molecule has 70 valence electrons. The van der Waals surface area contributed by atoms with Crippen LogP contribution in [-0.2, 0) is 0 Å². The Hall–Kier alpha value is -1.09. The summed E-state index contributed by atoms with van der Waals surface area (Å²) < 4.78 is 0. The van der Waals surface area contributed by atoms with E-state index in [2.05, 4.69) is 10.3 Å². The van der Waals surface area contributed by atoms with Crippen molar-refractivity contribution in [1.82, 2.24) is 4.98 Å². The number of nitrogens with one attached hydrogen (secondary N) is 1. The molecule has 3 heteroatoms. The van der Waals surface area contributed by atoms with Crippen LogP contribution in [0.5, 0.6) is 0 Å². The lowest BCUT2D eigenvalue weighted by Gasteiger charge is -2.33. The van der Waals surface area contributed by atoms with Gasteiger partial charge in [-0.15, -0.1) is 0 Å². The number of aliphatic hydroxyl groups excluding tert-OH is 1. The molecule has 2 atom stereocenters. The molecule has 0 radical (unpaired) electrons. The van der Waals surface area contributed by atoms with Crippen molar-refractivity contribution in [2.45, 2.75) is 31.9 Å². The Labute approximate surface area is 77.8 Å². The van der Waals surface area contributed by atoms with Gasteiger partial charge in [-0.05, 0) is 31.9 Å². The number of aromatic nitrogens is 1. The molecule has 0 aliphatic heterocycles. The number of anilines is 1. The minimum absolute atomic E-state index is 0.173. The van der Waals surface area contributed by atoms with Crippen LogP contribution in [0.25, 0.3) is 0 Å². The molecule has 2 rings (SSSR count). The van der Waals surface area contributed by atoms with Crippen molar-refractivity contribution in [2.75, 3.05) is 5.32 Å². The number of hydrogen-bond acceptors (Lipinski definition) is 3. The van der Waals surface area contributed by atoms with Crippen molar-refractivity contribution in [2.24, 2.45) is 0 Å².